The van der Waals surface area contributed by atoms with E-state index in [0.717, 1.165) is 70.6 Å². The minimum atomic E-state index is -1.61. The van der Waals surface area contributed by atoms with Gasteiger partial charge in [0.1, 0.15) is 0 Å². The van der Waals surface area contributed by atoms with E-state index in [1.807, 2.05) is 34.9 Å². The molecule has 56 heavy (non-hydrogen) atoms. The van der Waals surface area contributed by atoms with Crippen LogP contribution in [0.15, 0.2) is 30.3 Å². The molecule has 6 heteroatoms. The molecule has 1 saturated heterocycles. The standard InChI is InChI=1S/C25H43N2.C12H22.C7H6.C6H13P.2ClH.Ru/c1-16-20-9-7-18(24(20,3)4)13-22(16)26-11-12-27(15-26)23-14-19-8-10-21(17(23)2)25(19,5)6;1-3-7-11(8-4-1)12-9-5-2-6-10-12;1-7-5-3-2-4-6-7;7-6-4-2-1-3-5-6;;;/h15-23H,7-14H2,1-6H3;11-12H,1-10H2;1-6H;6H,1-5,7H2;2*1H;/q-1;;;;;;+2/p-2/t16-,17-,18+,19?,20?,21-,22-,23-;;;;;;/m0....../s1. The molecule has 1 aromatic carbocycles. The number of hydrogen-bond acceptors (Lipinski definition) is 2. The van der Waals surface area contributed by atoms with Crippen LogP contribution in [0, 0.1) is 64.8 Å². The van der Waals surface area contributed by atoms with Crippen molar-refractivity contribution < 1.29 is 13.5 Å². The minimum absolute atomic E-state index is 0.581. The van der Waals surface area contributed by atoms with Crippen molar-refractivity contribution in [2.45, 2.75) is 194 Å². The van der Waals surface area contributed by atoms with Crippen LogP contribution < -0.4 is 0 Å². The van der Waals surface area contributed by atoms with E-state index in [0.29, 0.717) is 10.8 Å². The van der Waals surface area contributed by atoms with Crippen LogP contribution in [0.25, 0.3) is 0 Å². The summed E-state index contributed by atoms with van der Waals surface area (Å²) in [6, 6.07) is 11.5. The van der Waals surface area contributed by atoms with E-state index < -0.39 is 13.5 Å². The zero-order chi connectivity index (χ0) is 39.9. The number of fused-ring (bicyclic) bond motifs is 4. The van der Waals surface area contributed by atoms with Crippen LogP contribution in [0.2, 0.25) is 0 Å². The third kappa shape index (κ3) is 11.8. The van der Waals surface area contributed by atoms with Crippen LogP contribution in [0.1, 0.15) is 182 Å². The first kappa shape index (κ1) is 46.2. The Kier molecular flexibility index (Phi) is 17.8. The quantitative estimate of drug-likeness (QED) is 0.169. The van der Waals surface area contributed by atoms with Crippen molar-refractivity contribution in [3.8, 4) is 0 Å². The van der Waals surface area contributed by atoms with Crippen molar-refractivity contribution in [3.05, 3.63) is 42.6 Å². The molecule has 322 valence electrons. The van der Waals surface area contributed by atoms with Gasteiger partial charge in [-0.25, -0.2) is 6.67 Å². The van der Waals surface area contributed by atoms with Crippen LogP contribution >= 0.6 is 28.6 Å². The first-order valence-corrected chi connectivity index (χ1v) is 30.0. The maximum absolute atomic E-state index is 5.67. The second-order valence-corrected chi connectivity index (χ2v) is 27.9. The van der Waals surface area contributed by atoms with Gasteiger partial charge in [0.2, 0.25) is 0 Å². The Labute approximate surface area is 362 Å². The molecule has 0 radical (unpaired) electrons. The fourth-order valence-corrected chi connectivity index (χ4v) is 16.3. The van der Waals surface area contributed by atoms with E-state index in [1.54, 1.807) is 25.7 Å². The topological polar surface area (TPSA) is 6.48 Å². The molecule has 0 aromatic heterocycles. The fraction of sp³-hybridized carbons (Fsp3) is 0.840. The van der Waals surface area contributed by atoms with Crippen LogP contribution in [0.4, 0.5) is 0 Å². The van der Waals surface area contributed by atoms with Gasteiger partial charge in [0.25, 0.3) is 0 Å². The van der Waals surface area contributed by atoms with Crippen molar-refractivity contribution in [1.82, 2.24) is 9.80 Å². The van der Waals surface area contributed by atoms with Crippen LogP contribution in [-0.2, 0) is 13.5 Å². The normalized spacial score (nSPS) is 36.3. The molecular formula is C50H84Cl2N2PRu-. The monoisotopic (exact) mass is 915 g/mol. The van der Waals surface area contributed by atoms with Gasteiger partial charge in [0.15, 0.2) is 0 Å². The van der Waals surface area contributed by atoms with E-state index in [1.165, 1.54) is 122 Å². The molecule has 1 aromatic rings. The average Bonchev–Trinajstić information content (AvgIpc) is 3.79. The van der Waals surface area contributed by atoms with Gasteiger partial charge in [-0.15, -0.1) is 9.24 Å². The summed E-state index contributed by atoms with van der Waals surface area (Å²) in [7, 11) is 14.2. The van der Waals surface area contributed by atoms with Gasteiger partial charge >= 0.3 is 73.4 Å². The van der Waals surface area contributed by atoms with Crippen molar-refractivity contribution >= 4 is 33.2 Å². The Morgan fingerprint density at radius 2 is 1.02 bits per heavy atom. The van der Waals surface area contributed by atoms with Gasteiger partial charge < -0.3 is 9.80 Å². The molecule has 4 bridgehead atoms. The summed E-state index contributed by atoms with van der Waals surface area (Å²) in [5, 5.41) is 0. The van der Waals surface area contributed by atoms with Gasteiger partial charge in [-0.05, 0) is 140 Å². The van der Waals surface area contributed by atoms with Crippen LogP contribution in [-0.4, -0.2) is 45.2 Å². The van der Waals surface area contributed by atoms with E-state index in [2.05, 4.69) is 67.3 Å². The third-order valence-electron chi connectivity index (χ3n) is 17.6. The van der Waals surface area contributed by atoms with Gasteiger partial charge in [-0.2, -0.15) is 0 Å². The van der Waals surface area contributed by atoms with Crippen molar-refractivity contribution in [2.75, 3.05) is 13.1 Å². The Morgan fingerprint density at radius 1 is 0.607 bits per heavy atom. The molecular weight excluding hydrogens is 832 g/mol. The van der Waals surface area contributed by atoms with E-state index >= 15 is 0 Å². The molecule has 1 heterocycles. The number of benzene rings is 1. The van der Waals surface area contributed by atoms with Crippen molar-refractivity contribution in [2.24, 2.45) is 58.2 Å². The van der Waals surface area contributed by atoms with E-state index in [-0.39, 0.29) is 0 Å². The van der Waals surface area contributed by atoms with E-state index in [9.17, 15) is 0 Å². The van der Waals surface area contributed by atoms with Gasteiger partial charge in [-0.3, -0.25) is 0 Å². The summed E-state index contributed by atoms with van der Waals surface area (Å²) < 4.78 is 1.92. The molecule has 8 aliphatic rings. The Morgan fingerprint density at radius 3 is 1.39 bits per heavy atom. The Bertz CT molecular complexity index is 1270. The predicted molar refractivity (Wildman–Crippen MR) is 246 cm³/mol. The predicted octanol–water partition coefficient (Wildman–Crippen LogP) is 14.7. The maximum atomic E-state index is 5.67. The number of nitrogens with zero attached hydrogens (tertiary/aromatic N) is 2. The van der Waals surface area contributed by atoms with Crippen molar-refractivity contribution in [3.63, 3.8) is 0 Å². The molecule has 0 amide bonds. The third-order valence-corrected chi connectivity index (χ3v) is 20.1. The number of halogens is 2. The second kappa shape index (κ2) is 21.6. The Hall–Kier alpha value is 0.643. The number of rotatable bonds is 4. The first-order chi connectivity index (χ1) is 26.9. The molecule has 9 rings (SSSR count). The van der Waals surface area contributed by atoms with Crippen LogP contribution in [0.3, 0.4) is 0 Å². The molecule has 7 saturated carbocycles. The number of hydrogen-bond donors (Lipinski definition) is 0. The zero-order valence-electron chi connectivity index (χ0n) is 36.7. The van der Waals surface area contributed by atoms with Crippen molar-refractivity contribution in [1.29, 1.82) is 0 Å². The van der Waals surface area contributed by atoms with Gasteiger partial charge in [0, 0.05) is 0 Å². The van der Waals surface area contributed by atoms with E-state index in [4.69, 9.17) is 19.4 Å². The SMILES string of the molecule is C1CCC(C2CCCCC2)CC1.C[C@@H]1[C@@H](N2[CH-]N([C@H]3C[C@H]4CCC([C@@H]3C)C4(C)C)CC2)CC2CC[C@@H]1C2(C)C.PC1CCCCC1.[Cl][Ru]([Cl])=[CH]c1ccccc1. The summed E-state index contributed by atoms with van der Waals surface area (Å²) in [6.07, 6.45) is 31.5. The molecule has 0 spiro atoms. The average molecular weight is 916 g/mol. The summed E-state index contributed by atoms with van der Waals surface area (Å²) >= 11 is -1.61. The Balaban J connectivity index is 0.000000150. The molecule has 0 N–H and O–H groups in total. The summed E-state index contributed by atoms with van der Waals surface area (Å²) in [6.45, 7) is 20.5. The summed E-state index contributed by atoms with van der Waals surface area (Å²) in [5.74, 6) is 7.77. The molecule has 2 nitrogen and oxygen atoms in total. The molecule has 7 aliphatic carbocycles. The summed E-state index contributed by atoms with van der Waals surface area (Å²) in [4.78, 5) is 5.58. The molecule has 3 unspecified atom stereocenters. The summed E-state index contributed by atoms with van der Waals surface area (Å²) in [5.41, 5.74) is 3.23. The zero-order valence-corrected chi connectivity index (χ0v) is 41.1. The molecule has 9 atom stereocenters. The molecule has 1 aliphatic heterocycles. The first-order valence-electron chi connectivity index (χ1n) is 23.9. The second-order valence-electron chi connectivity index (χ2n) is 21.2. The molecule has 8 fully saturated rings. The van der Waals surface area contributed by atoms with Crippen LogP contribution in [0.5, 0.6) is 0 Å². The van der Waals surface area contributed by atoms with Gasteiger partial charge in [-0.1, -0.05) is 125 Å². The van der Waals surface area contributed by atoms with Gasteiger partial charge in [0.05, 0.1) is 0 Å². The fourth-order valence-electron chi connectivity index (χ4n) is 14.0.